The number of carbonyl (C=O) groups is 1. The van der Waals surface area contributed by atoms with Crippen molar-refractivity contribution in [3.8, 4) is 0 Å². The highest BCUT2D eigenvalue weighted by Gasteiger charge is 2.21. The van der Waals surface area contributed by atoms with Crippen LogP contribution in [0.4, 0.5) is 11.5 Å². The lowest BCUT2D eigenvalue weighted by Gasteiger charge is -1.96. The molecule has 0 aliphatic carbocycles. The lowest BCUT2D eigenvalue weighted by atomic mass is 10.4. The van der Waals surface area contributed by atoms with Gasteiger partial charge in [0.2, 0.25) is 0 Å². The largest absolute Gasteiger partial charge is 0.304 e. The number of rotatable bonds is 3. The fourth-order valence-corrected chi connectivity index (χ4v) is 2.37. The molecule has 0 saturated carbocycles. The number of halogens is 1. The summed E-state index contributed by atoms with van der Waals surface area (Å²) in [6, 6.07) is 2.78. The van der Waals surface area contributed by atoms with Crippen molar-refractivity contribution < 1.29 is 9.72 Å². The van der Waals surface area contributed by atoms with Crippen LogP contribution in [0.2, 0.25) is 4.34 Å². The Morgan fingerprint density at radius 1 is 1.61 bits per heavy atom. The smallest absolute Gasteiger partial charge is 0.299 e. The highest BCUT2D eigenvalue weighted by molar-refractivity contribution is 7.18. The minimum Gasteiger partial charge on any atom is -0.304 e. The summed E-state index contributed by atoms with van der Waals surface area (Å²) in [4.78, 5) is 21.9. The molecule has 0 aliphatic rings. The number of H-pyrrole nitrogens is 1. The zero-order valence-corrected chi connectivity index (χ0v) is 10.6. The Kier molecular flexibility index (Phi) is 3.30. The molecular weight excluding hydrogens is 280 g/mol. The summed E-state index contributed by atoms with van der Waals surface area (Å²) in [5.41, 5.74) is 0.519. The summed E-state index contributed by atoms with van der Waals surface area (Å²) < 4.78 is -0.0247. The molecule has 0 bridgehead atoms. The normalized spacial score (nSPS) is 10.3. The molecule has 18 heavy (non-hydrogen) atoms. The molecule has 0 unspecified atom stereocenters. The van der Waals surface area contributed by atoms with Gasteiger partial charge in [-0.15, -0.1) is 11.3 Å². The standard InChI is InChI=1S/C9H7ClN4O3S/c1-4-2-7(13-12-4)11-9(15)6-3-5(14(16)17)8(10)18-6/h2-3H,1H3,(H2,11,12,13,15). The van der Waals surface area contributed by atoms with Crippen molar-refractivity contribution in [2.45, 2.75) is 6.92 Å². The molecule has 0 spiro atoms. The number of hydrogen-bond donors (Lipinski definition) is 2. The zero-order valence-electron chi connectivity index (χ0n) is 9.06. The highest BCUT2D eigenvalue weighted by Crippen LogP contribution is 2.33. The first-order valence-electron chi connectivity index (χ1n) is 4.74. The topological polar surface area (TPSA) is 101 Å². The summed E-state index contributed by atoms with van der Waals surface area (Å²) in [5, 5.41) is 19.6. The highest BCUT2D eigenvalue weighted by atomic mass is 35.5. The molecule has 0 atom stereocenters. The molecule has 2 aromatic rings. The molecule has 1 amide bonds. The van der Waals surface area contributed by atoms with Gasteiger partial charge in [0.1, 0.15) is 4.88 Å². The molecule has 0 aliphatic heterocycles. The van der Waals surface area contributed by atoms with Gasteiger partial charge in [0.05, 0.1) is 4.92 Å². The van der Waals surface area contributed by atoms with Crippen molar-refractivity contribution in [1.82, 2.24) is 10.2 Å². The number of carbonyl (C=O) groups excluding carboxylic acids is 1. The Bertz CT molecular complexity index is 621. The predicted molar refractivity (Wildman–Crippen MR) is 67.3 cm³/mol. The maximum absolute atomic E-state index is 11.8. The van der Waals surface area contributed by atoms with E-state index in [9.17, 15) is 14.9 Å². The average Bonchev–Trinajstić information content (AvgIpc) is 2.85. The first kappa shape index (κ1) is 12.5. The third-order valence-electron chi connectivity index (χ3n) is 2.04. The molecule has 2 rings (SSSR count). The average molecular weight is 287 g/mol. The van der Waals surface area contributed by atoms with Gasteiger partial charge in [0.15, 0.2) is 10.2 Å². The summed E-state index contributed by atoms with van der Waals surface area (Å²) in [6.07, 6.45) is 0. The number of aryl methyl sites for hydroxylation is 1. The molecule has 2 N–H and O–H groups in total. The second kappa shape index (κ2) is 4.75. The lowest BCUT2D eigenvalue weighted by Crippen LogP contribution is -2.10. The number of nitrogens with zero attached hydrogens (tertiary/aromatic N) is 2. The van der Waals surface area contributed by atoms with Gasteiger partial charge in [-0.2, -0.15) is 5.10 Å². The van der Waals surface area contributed by atoms with Crippen LogP contribution in [0.5, 0.6) is 0 Å². The molecule has 9 heteroatoms. The van der Waals surface area contributed by atoms with Gasteiger partial charge in [-0.25, -0.2) is 0 Å². The van der Waals surface area contributed by atoms with Crippen molar-refractivity contribution in [3.63, 3.8) is 0 Å². The number of nitrogens with one attached hydrogen (secondary N) is 2. The van der Waals surface area contributed by atoms with Gasteiger partial charge in [0, 0.05) is 17.8 Å². The summed E-state index contributed by atoms with van der Waals surface area (Å²) in [7, 11) is 0. The van der Waals surface area contributed by atoms with E-state index >= 15 is 0 Å². The van der Waals surface area contributed by atoms with E-state index in [1.807, 2.05) is 0 Å². The Hall–Kier alpha value is -1.93. The number of thiophene rings is 1. The lowest BCUT2D eigenvalue weighted by molar-refractivity contribution is -0.384. The van der Waals surface area contributed by atoms with Gasteiger partial charge in [-0.1, -0.05) is 11.6 Å². The van der Waals surface area contributed by atoms with Crippen LogP contribution >= 0.6 is 22.9 Å². The Balaban J connectivity index is 2.19. The van der Waals surface area contributed by atoms with Crippen LogP contribution in [-0.4, -0.2) is 21.0 Å². The number of amides is 1. The molecule has 2 aromatic heterocycles. The molecule has 7 nitrogen and oxygen atoms in total. The molecule has 0 radical (unpaired) electrons. The number of nitro groups is 1. The molecule has 0 fully saturated rings. The van der Waals surface area contributed by atoms with E-state index in [0.29, 0.717) is 5.82 Å². The Morgan fingerprint density at radius 3 is 2.83 bits per heavy atom. The number of anilines is 1. The van der Waals surface area contributed by atoms with Crippen LogP contribution in [0.25, 0.3) is 0 Å². The minimum atomic E-state index is -0.631. The first-order chi connectivity index (χ1) is 8.47. The molecule has 94 valence electrons. The van der Waals surface area contributed by atoms with Crippen LogP contribution in [0.15, 0.2) is 12.1 Å². The number of aromatic nitrogens is 2. The van der Waals surface area contributed by atoms with Gasteiger partial charge >= 0.3 is 0 Å². The SMILES string of the molecule is Cc1cc(NC(=O)c2cc([N+](=O)[O-])c(Cl)s2)n[nH]1. The van der Waals surface area contributed by atoms with E-state index in [2.05, 4.69) is 15.5 Å². The van der Waals surface area contributed by atoms with E-state index in [4.69, 9.17) is 11.6 Å². The van der Waals surface area contributed by atoms with Crippen molar-refractivity contribution in [2.75, 3.05) is 5.32 Å². The molecule has 0 aromatic carbocycles. The van der Waals surface area contributed by atoms with E-state index in [0.717, 1.165) is 23.1 Å². The Labute approximate surface area is 110 Å². The zero-order chi connectivity index (χ0) is 13.3. The second-order valence-corrected chi connectivity index (χ2v) is 5.07. The van der Waals surface area contributed by atoms with Crippen LogP contribution in [0.3, 0.4) is 0 Å². The van der Waals surface area contributed by atoms with E-state index in [-0.39, 0.29) is 14.9 Å². The maximum Gasteiger partial charge on any atom is 0.299 e. The third kappa shape index (κ3) is 2.49. The fourth-order valence-electron chi connectivity index (χ4n) is 1.26. The Morgan fingerprint density at radius 2 is 2.33 bits per heavy atom. The predicted octanol–water partition coefficient (Wildman–Crippen LogP) is 2.59. The molecule has 0 saturated heterocycles. The third-order valence-corrected chi connectivity index (χ3v) is 3.37. The number of hydrogen-bond acceptors (Lipinski definition) is 5. The first-order valence-corrected chi connectivity index (χ1v) is 5.94. The van der Waals surface area contributed by atoms with Crippen LogP contribution in [0, 0.1) is 17.0 Å². The van der Waals surface area contributed by atoms with Crippen LogP contribution in [-0.2, 0) is 0 Å². The summed E-state index contributed by atoms with van der Waals surface area (Å²) in [5.74, 6) is -0.133. The van der Waals surface area contributed by atoms with Crippen LogP contribution < -0.4 is 5.32 Å². The second-order valence-electron chi connectivity index (χ2n) is 3.42. The number of aromatic amines is 1. The van der Waals surface area contributed by atoms with Crippen molar-refractivity contribution in [2.24, 2.45) is 0 Å². The van der Waals surface area contributed by atoms with Gasteiger partial charge in [0.25, 0.3) is 11.6 Å². The monoisotopic (exact) mass is 286 g/mol. The van der Waals surface area contributed by atoms with Gasteiger partial charge in [-0.3, -0.25) is 20.0 Å². The van der Waals surface area contributed by atoms with Crippen molar-refractivity contribution in [1.29, 1.82) is 0 Å². The van der Waals surface area contributed by atoms with Gasteiger partial charge < -0.3 is 5.32 Å². The van der Waals surface area contributed by atoms with Crippen molar-refractivity contribution >= 4 is 40.4 Å². The van der Waals surface area contributed by atoms with E-state index < -0.39 is 10.8 Å². The summed E-state index contributed by atoms with van der Waals surface area (Å²) >= 11 is 6.52. The minimum absolute atomic E-state index is 0.0247. The maximum atomic E-state index is 11.8. The van der Waals surface area contributed by atoms with Crippen LogP contribution in [0.1, 0.15) is 15.4 Å². The quantitative estimate of drug-likeness (QED) is 0.669. The van der Waals surface area contributed by atoms with E-state index in [1.165, 1.54) is 0 Å². The molecular formula is C9H7ClN4O3S. The molecule has 2 heterocycles. The van der Waals surface area contributed by atoms with Gasteiger partial charge in [-0.05, 0) is 6.92 Å². The van der Waals surface area contributed by atoms with E-state index in [1.54, 1.807) is 13.0 Å². The fraction of sp³-hybridized carbons (Fsp3) is 0.111. The summed E-state index contributed by atoms with van der Waals surface area (Å²) in [6.45, 7) is 1.79. The van der Waals surface area contributed by atoms with Crippen molar-refractivity contribution in [3.05, 3.63) is 37.2 Å².